The predicted octanol–water partition coefficient (Wildman–Crippen LogP) is 3.62. The van der Waals surface area contributed by atoms with Crippen LogP contribution in [0.15, 0.2) is 48.9 Å². The first-order chi connectivity index (χ1) is 15.7. The molecule has 0 amide bonds. The third kappa shape index (κ3) is 3.11. The fourth-order valence-corrected chi connectivity index (χ4v) is 4.43. The minimum atomic E-state index is 0.741. The molecule has 1 fully saturated rings. The van der Waals surface area contributed by atoms with Crippen LogP contribution in [0.25, 0.3) is 44.7 Å². The molecule has 0 atom stereocenters. The lowest BCUT2D eigenvalue weighted by Crippen LogP contribution is -2.44. The van der Waals surface area contributed by atoms with Gasteiger partial charge in [-0.25, -0.2) is 9.97 Å². The Morgan fingerprint density at radius 3 is 2.75 bits per heavy atom. The van der Waals surface area contributed by atoms with Crippen molar-refractivity contribution in [3.63, 3.8) is 0 Å². The lowest BCUT2D eigenvalue weighted by Gasteiger charge is -2.34. The number of aromatic amines is 2. The monoisotopic (exact) mass is 424 g/mol. The van der Waals surface area contributed by atoms with Crippen LogP contribution in [0, 0.1) is 6.92 Å². The van der Waals surface area contributed by atoms with E-state index in [1.54, 1.807) is 6.20 Å². The van der Waals surface area contributed by atoms with Crippen LogP contribution >= 0.6 is 0 Å². The number of para-hydroxylation sites is 1. The number of anilines is 1. The largest absolute Gasteiger partial charge is 0.367 e. The molecule has 2 N–H and O–H groups in total. The van der Waals surface area contributed by atoms with E-state index in [9.17, 15) is 0 Å². The summed E-state index contributed by atoms with van der Waals surface area (Å²) in [6.45, 7) is 6.19. The number of aromatic nitrogens is 6. The van der Waals surface area contributed by atoms with E-state index in [1.807, 2.05) is 18.5 Å². The number of hydrogen-bond acceptors (Lipinski definition) is 6. The molecule has 6 rings (SSSR count). The maximum Gasteiger partial charge on any atom is 0.159 e. The maximum atomic E-state index is 4.99. The average molecular weight is 425 g/mol. The summed E-state index contributed by atoms with van der Waals surface area (Å²) >= 11 is 0. The molecule has 1 aliphatic rings. The Morgan fingerprint density at radius 2 is 1.91 bits per heavy atom. The molecule has 0 unspecified atom stereocenters. The number of pyridine rings is 2. The van der Waals surface area contributed by atoms with Gasteiger partial charge in [0.05, 0.1) is 16.6 Å². The fraction of sp³-hybridized carbons (Fsp3) is 0.250. The number of H-pyrrole nitrogens is 2. The Hall–Kier alpha value is -3.78. The Labute approximate surface area is 185 Å². The number of nitrogens with zero attached hydrogens (tertiary/aromatic N) is 6. The highest BCUT2D eigenvalue weighted by atomic mass is 15.3. The summed E-state index contributed by atoms with van der Waals surface area (Å²) in [5.74, 6) is 0.745. The third-order valence-corrected chi connectivity index (χ3v) is 6.33. The molecule has 4 aromatic heterocycles. The normalized spacial score (nSPS) is 15.1. The lowest BCUT2D eigenvalue weighted by atomic mass is 10.0. The van der Waals surface area contributed by atoms with Crippen LogP contribution in [0.2, 0.25) is 0 Å². The van der Waals surface area contributed by atoms with Crippen molar-refractivity contribution in [2.45, 2.75) is 6.92 Å². The van der Waals surface area contributed by atoms with Gasteiger partial charge in [-0.2, -0.15) is 5.10 Å². The van der Waals surface area contributed by atoms with Gasteiger partial charge in [-0.1, -0.05) is 6.07 Å². The zero-order chi connectivity index (χ0) is 21.7. The van der Waals surface area contributed by atoms with Gasteiger partial charge in [-0.05, 0) is 43.8 Å². The molecule has 32 heavy (non-hydrogen) atoms. The molecule has 8 nitrogen and oxygen atoms in total. The Morgan fingerprint density at radius 1 is 1.03 bits per heavy atom. The summed E-state index contributed by atoms with van der Waals surface area (Å²) in [6, 6.07) is 10.4. The van der Waals surface area contributed by atoms with E-state index >= 15 is 0 Å². The van der Waals surface area contributed by atoms with Gasteiger partial charge in [0.1, 0.15) is 11.2 Å². The first-order valence-electron chi connectivity index (χ1n) is 10.8. The smallest absolute Gasteiger partial charge is 0.159 e. The Kier molecular flexibility index (Phi) is 4.39. The van der Waals surface area contributed by atoms with Crippen LogP contribution in [0.3, 0.4) is 0 Å². The molecule has 1 saturated heterocycles. The SMILES string of the molecule is Cc1ccncc1-c1cnc2[nH]nc(-c3nc4c(N5CCN(C)CC5)cccc4[nH]3)c2c1. The Bertz CT molecular complexity index is 1420. The van der Waals surface area contributed by atoms with Crippen molar-refractivity contribution in [3.8, 4) is 22.6 Å². The van der Waals surface area contributed by atoms with Crippen molar-refractivity contribution in [1.82, 2.24) is 35.0 Å². The van der Waals surface area contributed by atoms with Gasteiger partial charge >= 0.3 is 0 Å². The van der Waals surface area contributed by atoms with Crippen molar-refractivity contribution in [3.05, 3.63) is 54.5 Å². The minimum absolute atomic E-state index is 0.741. The molecule has 0 spiro atoms. The van der Waals surface area contributed by atoms with Crippen molar-refractivity contribution in [1.29, 1.82) is 0 Å². The second-order valence-corrected chi connectivity index (χ2v) is 8.43. The molecule has 0 radical (unpaired) electrons. The number of aryl methyl sites for hydroxylation is 1. The van der Waals surface area contributed by atoms with Gasteiger partial charge in [0.25, 0.3) is 0 Å². The molecule has 160 valence electrons. The third-order valence-electron chi connectivity index (χ3n) is 6.33. The number of nitrogens with one attached hydrogen (secondary N) is 2. The molecular weight excluding hydrogens is 400 g/mol. The second kappa shape index (κ2) is 7.42. The van der Waals surface area contributed by atoms with Crippen LogP contribution in [0.5, 0.6) is 0 Å². The highest BCUT2D eigenvalue weighted by Gasteiger charge is 2.20. The van der Waals surface area contributed by atoms with Crippen LogP contribution in [0.1, 0.15) is 5.56 Å². The standard InChI is InChI=1S/C24H24N8/c1-15-6-7-25-14-18(15)16-12-17-21(29-30-23(17)26-13-16)24-27-19-4-3-5-20(22(19)28-24)32-10-8-31(2)9-11-32/h3-7,12-14H,8-11H2,1-2H3,(H,27,28)(H,26,29,30). The van der Waals surface area contributed by atoms with Gasteiger partial charge in [-0.15, -0.1) is 0 Å². The quantitative estimate of drug-likeness (QED) is 0.460. The Balaban J connectivity index is 1.45. The molecule has 5 aromatic rings. The zero-order valence-electron chi connectivity index (χ0n) is 18.1. The second-order valence-electron chi connectivity index (χ2n) is 8.43. The first kappa shape index (κ1) is 18.9. The molecule has 0 bridgehead atoms. The first-order valence-corrected chi connectivity index (χ1v) is 10.8. The summed E-state index contributed by atoms with van der Waals surface area (Å²) in [4.78, 5) is 22.1. The summed E-state index contributed by atoms with van der Waals surface area (Å²) in [7, 11) is 2.17. The summed E-state index contributed by atoms with van der Waals surface area (Å²) in [5, 5.41) is 8.54. The van der Waals surface area contributed by atoms with E-state index in [2.05, 4.69) is 73.2 Å². The number of hydrogen-bond donors (Lipinski definition) is 2. The minimum Gasteiger partial charge on any atom is -0.367 e. The molecule has 0 saturated carbocycles. The van der Waals surface area contributed by atoms with E-state index in [-0.39, 0.29) is 0 Å². The van der Waals surface area contributed by atoms with Crippen molar-refractivity contribution >= 4 is 27.8 Å². The van der Waals surface area contributed by atoms with E-state index in [4.69, 9.17) is 4.98 Å². The van der Waals surface area contributed by atoms with Gasteiger partial charge in [0.15, 0.2) is 11.5 Å². The maximum absolute atomic E-state index is 4.99. The number of benzene rings is 1. The zero-order valence-corrected chi connectivity index (χ0v) is 18.1. The van der Waals surface area contributed by atoms with E-state index in [0.717, 1.165) is 76.5 Å². The number of rotatable bonds is 3. The van der Waals surface area contributed by atoms with Gasteiger partial charge in [-0.3, -0.25) is 10.1 Å². The highest BCUT2D eigenvalue weighted by molar-refractivity contribution is 5.96. The van der Waals surface area contributed by atoms with Crippen molar-refractivity contribution in [2.24, 2.45) is 0 Å². The highest BCUT2D eigenvalue weighted by Crippen LogP contribution is 2.32. The van der Waals surface area contributed by atoms with Gasteiger partial charge in [0, 0.05) is 55.9 Å². The molecule has 5 heterocycles. The van der Waals surface area contributed by atoms with Gasteiger partial charge in [0.2, 0.25) is 0 Å². The fourth-order valence-electron chi connectivity index (χ4n) is 4.43. The lowest BCUT2D eigenvalue weighted by molar-refractivity contribution is 0.313. The number of fused-ring (bicyclic) bond motifs is 2. The summed E-state index contributed by atoms with van der Waals surface area (Å²) < 4.78 is 0. The topological polar surface area (TPSA) is 89.6 Å². The van der Waals surface area contributed by atoms with Crippen LogP contribution < -0.4 is 4.90 Å². The van der Waals surface area contributed by atoms with Crippen LogP contribution in [0.4, 0.5) is 5.69 Å². The molecule has 8 heteroatoms. The van der Waals surface area contributed by atoms with E-state index in [0.29, 0.717) is 0 Å². The number of piperazine rings is 1. The average Bonchev–Trinajstić information content (AvgIpc) is 3.43. The molecular formula is C24H24N8. The van der Waals surface area contributed by atoms with Crippen LogP contribution in [-0.4, -0.2) is 68.3 Å². The number of likely N-dealkylation sites (N-methyl/N-ethyl adjacent to an activating group) is 1. The predicted molar refractivity (Wildman–Crippen MR) is 127 cm³/mol. The summed E-state index contributed by atoms with van der Waals surface area (Å²) in [6.07, 6.45) is 5.54. The van der Waals surface area contributed by atoms with Crippen LogP contribution in [-0.2, 0) is 0 Å². The van der Waals surface area contributed by atoms with Crippen molar-refractivity contribution < 1.29 is 0 Å². The van der Waals surface area contributed by atoms with Gasteiger partial charge < -0.3 is 14.8 Å². The summed E-state index contributed by atoms with van der Waals surface area (Å²) in [5.41, 5.74) is 7.92. The van der Waals surface area contributed by atoms with E-state index in [1.165, 1.54) is 5.69 Å². The number of imidazole rings is 1. The van der Waals surface area contributed by atoms with E-state index < -0.39 is 0 Å². The van der Waals surface area contributed by atoms with Crippen molar-refractivity contribution in [2.75, 3.05) is 38.1 Å². The molecule has 1 aromatic carbocycles. The molecule has 1 aliphatic heterocycles. The molecule has 0 aliphatic carbocycles.